The van der Waals surface area contributed by atoms with E-state index in [1.807, 2.05) is 7.05 Å². The van der Waals surface area contributed by atoms with Gasteiger partial charge in [-0.3, -0.25) is 9.69 Å². The van der Waals surface area contributed by atoms with Crippen LogP contribution in [0.2, 0.25) is 0 Å². The molecule has 120 valence electrons. The Morgan fingerprint density at radius 3 is 2.29 bits per heavy atom. The first kappa shape index (κ1) is 15.3. The van der Waals surface area contributed by atoms with Crippen molar-refractivity contribution in [2.45, 2.75) is 62.9 Å². The summed E-state index contributed by atoms with van der Waals surface area (Å²) in [7, 11) is 3.42. The number of esters is 1. The molecule has 4 heteroatoms. The maximum Gasteiger partial charge on any atom is 0.326 e. The number of carbonyl (C=O) groups is 1. The summed E-state index contributed by atoms with van der Waals surface area (Å²) in [5.74, 6) is 1.77. The van der Waals surface area contributed by atoms with Gasteiger partial charge in [-0.05, 0) is 70.3 Å². The quantitative estimate of drug-likeness (QED) is 0.731. The van der Waals surface area contributed by atoms with Gasteiger partial charge in [-0.2, -0.15) is 0 Å². The van der Waals surface area contributed by atoms with E-state index >= 15 is 0 Å². The van der Waals surface area contributed by atoms with Gasteiger partial charge in [0, 0.05) is 19.1 Å². The molecule has 3 fully saturated rings. The molecule has 0 amide bonds. The van der Waals surface area contributed by atoms with Crippen molar-refractivity contribution >= 4 is 5.97 Å². The SMILES string of the molecule is CNC1(C(=O)OC)CCCC(N(CC2CC2)CC2CC2)C1. The standard InChI is InChI=1S/C17H30N2O2/c1-18-17(16(20)21-2)9-3-4-15(10-17)19(11-13-5-6-13)12-14-7-8-14/h13-15,18H,3-12H2,1-2H3. The second-order valence-electron chi connectivity index (χ2n) is 7.41. The van der Waals surface area contributed by atoms with Gasteiger partial charge in [0.15, 0.2) is 0 Å². The number of rotatable bonds is 7. The molecule has 3 aliphatic rings. The molecule has 0 spiro atoms. The highest BCUT2D eigenvalue weighted by Crippen LogP contribution is 2.38. The topological polar surface area (TPSA) is 41.6 Å². The van der Waals surface area contributed by atoms with Crippen LogP contribution in [0.15, 0.2) is 0 Å². The third-order valence-electron chi connectivity index (χ3n) is 5.68. The summed E-state index contributed by atoms with van der Waals surface area (Å²) in [5, 5.41) is 3.29. The lowest BCUT2D eigenvalue weighted by Gasteiger charge is -2.43. The van der Waals surface area contributed by atoms with Crippen LogP contribution in [0.1, 0.15) is 51.4 Å². The first-order chi connectivity index (χ1) is 10.2. The predicted molar refractivity (Wildman–Crippen MR) is 83.1 cm³/mol. The first-order valence-corrected chi connectivity index (χ1v) is 8.68. The van der Waals surface area contributed by atoms with Gasteiger partial charge in [-0.1, -0.05) is 0 Å². The van der Waals surface area contributed by atoms with Gasteiger partial charge in [0.05, 0.1) is 7.11 Å². The number of carbonyl (C=O) groups excluding carboxylic acids is 1. The molecule has 3 aliphatic carbocycles. The second kappa shape index (κ2) is 6.25. The summed E-state index contributed by atoms with van der Waals surface area (Å²) >= 11 is 0. The van der Waals surface area contributed by atoms with Gasteiger partial charge in [0.1, 0.15) is 5.54 Å². The second-order valence-corrected chi connectivity index (χ2v) is 7.41. The van der Waals surface area contributed by atoms with E-state index in [1.165, 1.54) is 52.3 Å². The van der Waals surface area contributed by atoms with E-state index in [2.05, 4.69) is 10.2 Å². The molecule has 0 saturated heterocycles. The van der Waals surface area contributed by atoms with Crippen molar-refractivity contribution in [3.63, 3.8) is 0 Å². The first-order valence-electron chi connectivity index (χ1n) is 8.68. The molecule has 0 aromatic rings. The van der Waals surface area contributed by atoms with Crippen molar-refractivity contribution in [2.24, 2.45) is 11.8 Å². The summed E-state index contributed by atoms with van der Waals surface area (Å²) in [6.45, 7) is 2.50. The fourth-order valence-electron chi connectivity index (χ4n) is 3.90. The minimum Gasteiger partial charge on any atom is -0.468 e. The molecule has 0 bridgehead atoms. The fraction of sp³-hybridized carbons (Fsp3) is 0.941. The highest BCUT2D eigenvalue weighted by molar-refractivity contribution is 5.81. The van der Waals surface area contributed by atoms with Crippen LogP contribution in [0, 0.1) is 11.8 Å². The van der Waals surface area contributed by atoms with Crippen molar-refractivity contribution in [2.75, 3.05) is 27.2 Å². The molecule has 4 nitrogen and oxygen atoms in total. The molecule has 0 aliphatic heterocycles. The molecule has 3 rings (SSSR count). The molecule has 21 heavy (non-hydrogen) atoms. The molecular formula is C17H30N2O2. The van der Waals surface area contributed by atoms with Gasteiger partial charge in [0.25, 0.3) is 0 Å². The maximum atomic E-state index is 12.3. The molecule has 0 heterocycles. The summed E-state index contributed by atoms with van der Waals surface area (Å²) in [6, 6.07) is 0.548. The maximum absolute atomic E-state index is 12.3. The Balaban J connectivity index is 1.67. The van der Waals surface area contributed by atoms with E-state index in [-0.39, 0.29) is 5.97 Å². The highest BCUT2D eigenvalue weighted by atomic mass is 16.5. The van der Waals surface area contributed by atoms with E-state index in [0.717, 1.165) is 31.1 Å². The van der Waals surface area contributed by atoms with Crippen LogP contribution in [0.4, 0.5) is 0 Å². The van der Waals surface area contributed by atoms with E-state index in [1.54, 1.807) is 0 Å². The van der Waals surface area contributed by atoms with Crippen molar-refractivity contribution in [1.82, 2.24) is 10.2 Å². The van der Waals surface area contributed by atoms with Crippen LogP contribution >= 0.6 is 0 Å². The summed E-state index contributed by atoms with van der Waals surface area (Å²) < 4.78 is 5.08. The molecule has 1 N–H and O–H groups in total. The van der Waals surface area contributed by atoms with Crippen molar-refractivity contribution < 1.29 is 9.53 Å². The smallest absolute Gasteiger partial charge is 0.326 e. The molecule has 2 atom stereocenters. The lowest BCUT2D eigenvalue weighted by Crippen LogP contribution is -2.58. The summed E-state index contributed by atoms with van der Waals surface area (Å²) in [6.07, 6.45) is 9.80. The molecule has 0 radical (unpaired) electrons. The molecule has 2 unspecified atom stereocenters. The van der Waals surface area contributed by atoms with Crippen LogP contribution in [0.5, 0.6) is 0 Å². The molecular weight excluding hydrogens is 264 g/mol. The third-order valence-corrected chi connectivity index (χ3v) is 5.68. The Morgan fingerprint density at radius 2 is 1.81 bits per heavy atom. The number of nitrogens with zero attached hydrogens (tertiary/aromatic N) is 1. The highest BCUT2D eigenvalue weighted by Gasteiger charge is 2.45. The molecule has 3 saturated carbocycles. The fourth-order valence-corrected chi connectivity index (χ4v) is 3.90. The van der Waals surface area contributed by atoms with Crippen LogP contribution in [0.25, 0.3) is 0 Å². The lowest BCUT2D eigenvalue weighted by atomic mass is 9.78. The number of ether oxygens (including phenoxy) is 1. The van der Waals surface area contributed by atoms with Crippen LogP contribution in [0.3, 0.4) is 0 Å². The van der Waals surface area contributed by atoms with Gasteiger partial charge in [0.2, 0.25) is 0 Å². The van der Waals surface area contributed by atoms with Crippen LogP contribution in [-0.2, 0) is 9.53 Å². The van der Waals surface area contributed by atoms with Gasteiger partial charge < -0.3 is 10.1 Å². The zero-order chi connectivity index (χ0) is 14.9. The Morgan fingerprint density at radius 1 is 1.19 bits per heavy atom. The van der Waals surface area contributed by atoms with E-state index < -0.39 is 5.54 Å². The normalized spacial score (nSPS) is 33.2. The zero-order valence-electron chi connectivity index (χ0n) is 13.6. The predicted octanol–water partition coefficient (Wildman–Crippen LogP) is 2.18. The Kier molecular flexibility index (Phi) is 4.55. The third kappa shape index (κ3) is 3.59. The Labute approximate surface area is 128 Å². The molecule has 0 aromatic heterocycles. The van der Waals surface area contributed by atoms with Crippen molar-refractivity contribution in [1.29, 1.82) is 0 Å². The summed E-state index contributed by atoms with van der Waals surface area (Å²) in [5.41, 5.74) is -0.455. The van der Waals surface area contributed by atoms with Gasteiger partial charge in [-0.15, -0.1) is 0 Å². The summed E-state index contributed by atoms with van der Waals surface area (Å²) in [4.78, 5) is 15.0. The number of hydrogen-bond acceptors (Lipinski definition) is 4. The monoisotopic (exact) mass is 294 g/mol. The van der Waals surface area contributed by atoms with Crippen molar-refractivity contribution in [3.05, 3.63) is 0 Å². The number of methoxy groups -OCH3 is 1. The van der Waals surface area contributed by atoms with Gasteiger partial charge >= 0.3 is 5.97 Å². The average molecular weight is 294 g/mol. The Bertz CT molecular complexity index is 365. The average Bonchev–Trinajstić information content (AvgIpc) is 3.41. The van der Waals surface area contributed by atoms with Crippen LogP contribution in [-0.4, -0.2) is 49.7 Å². The number of nitrogens with one attached hydrogen (secondary N) is 1. The minimum absolute atomic E-state index is 0.0764. The van der Waals surface area contributed by atoms with E-state index in [0.29, 0.717) is 6.04 Å². The number of likely N-dealkylation sites (N-methyl/N-ethyl adjacent to an activating group) is 1. The molecule has 0 aromatic carbocycles. The lowest BCUT2D eigenvalue weighted by molar-refractivity contribution is -0.151. The number of hydrogen-bond donors (Lipinski definition) is 1. The largest absolute Gasteiger partial charge is 0.468 e. The van der Waals surface area contributed by atoms with Crippen LogP contribution < -0.4 is 5.32 Å². The van der Waals surface area contributed by atoms with E-state index in [4.69, 9.17) is 4.74 Å². The van der Waals surface area contributed by atoms with E-state index in [9.17, 15) is 4.79 Å². The minimum atomic E-state index is -0.455. The van der Waals surface area contributed by atoms with Gasteiger partial charge in [-0.25, -0.2) is 0 Å². The zero-order valence-corrected chi connectivity index (χ0v) is 13.6. The van der Waals surface area contributed by atoms with Crippen molar-refractivity contribution in [3.8, 4) is 0 Å². The Hall–Kier alpha value is -0.610.